The SMILES string of the molecule is CN(CC(=O)N(C)[C@@H]1CCCN(c2ccccn2)C1)Cc1cccnc1. The Morgan fingerprint density at radius 2 is 2.12 bits per heavy atom. The van der Waals surface area contributed by atoms with E-state index in [2.05, 4.69) is 14.9 Å². The summed E-state index contributed by atoms with van der Waals surface area (Å²) in [5, 5.41) is 0. The Bertz CT molecular complexity index is 694. The number of hydrogen-bond acceptors (Lipinski definition) is 5. The molecule has 1 atom stereocenters. The molecular weight excluding hydrogens is 326 g/mol. The summed E-state index contributed by atoms with van der Waals surface area (Å²) in [5.41, 5.74) is 1.12. The molecule has 0 N–H and O–H groups in total. The standard InChI is InChI=1S/C20H27N5O/c1-23(14-17-7-5-10-21-13-17)16-20(26)24(2)18-8-6-12-25(15-18)19-9-3-4-11-22-19/h3-5,7,9-11,13,18H,6,8,12,14-16H2,1-2H3/t18-/m1/s1. The van der Waals surface area contributed by atoms with Crippen molar-refractivity contribution in [1.82, 2.24) is 19.8 Å². The van der Waals surface area contributed by atoms with Gasteiger partial charge in [-0.2, -0.15) is 0 Å². The smallest absolute Gasteiger partial charge is 0.236 e. The average molecular weight is 353 g/mol. The van der Waals surface area contributed by atoms with Crippen LogP contribution in [0.15, 0.2) is 48.9 Å². The van der Waals surface area contributed by atoms with Crippen molar-refractivity contribution in [2.75, 3.05) is 38.6 Å². The minimum atomic E-state index is 0.157. The number of carbonyl (C=O) groups is 1. The number of rotatable bonds is 6. The van der Waals surface area contributed by atoms with E-state index in [4.69, 9.17) is 0 Å². The summed E-state index contributed by atoms with van der Waals surface area (Å²) in [6.45, 7) is 2.96. The van der Waals surface area contributed by atoms with Gasteiger partial charge >= 0.3 is 0 Å². The van der Waals surface area contributed by atoms with Crippen molar-refractivity contribution < 1.29 is 4.79 Å². The summed E-state index contributed by atoms with van der Waals surface area (Å²) in [5.74, 6) is 1.15. The maximum atomic E-state index is 12.7. The van der Waals surface area contributed by atoms with Gasteiger partial charge in [-0.3, -0.25) is 14.7 Å². The number of piperidine rings is 1. The van der Waals surface area contributed by atoms with Crippen LogP contribution in [-0.2, 0) is 11.3 Å². The highest BCUT2D eigenvalue weighted by Crippen LogP contribution is 2.20. The number of amides is 1. The van der Waals surface area contributed by atoms with Crippen LogP contribution >= 0.6 is 0 Å². The Balaban J connectivity index is 1.54. The van der Waals surface area contributed by atoms with E-state index in [9.17, 15) is 4.79 Å². The Morgan fingerprint density at radius 1 is 1.23 bits per heavy atom. The predicted octanol–water partition coefficient (Wildman–Crippen LogP) is 2.04. The second-order valence-corrected chi connectivity index (χ2v) is 6.97. The highest BCUT2D eigenvalue weighted by Gasteiger charge is 2.27. The van der Waals surface area contributed by atoms with E-state index >= 15 is 0 Å². The fourth-order valence-corrected chi connectivity index (χ4v) is 3.43. The monoisotopic (exact) mass is 353 g/mol. The largest absolute Gasteiger partial charge is 0.355 e. The molecule has 0 aliphatic carbocycles. The van der Waals surface area contributed by atoms with Gasteiger partial charge in [-0.05, 0) is 43.7 Å². The molecule has 6 heteroatoms. The van der Waals surface area contributed by atoms with Crippen LogP contribution in [0.2, 0.25) is 0 Å². The van der Waals surface area contributed by atoms with E-state index in [-0.39, 0.29) is 11.9 Å². The van der Waals surface area contributed by atoms with E-state index in [0.717, 1.165) is 43.9 Å². The molecule has 0 saturated carbocycles. The van der Waals surface area contributed by atoms with Crippen LogP contribution in [0, 0.1) is 0 Å². The van der Waals surface area contributed by atoms with Crippen LogP contribution in [0.25, 0.3) is 0 Å². The second-order valence-electron chi connectivity index (χ2n) is 6.97. The van der Waals surface area contributed by atoms with Crippen LogP contribution in [0.3, 0.4) is 0 Å². The third-order valence-electron chi connectivity index (χ3n) is 4.89. The molecule has 0 bridgehead atoms. The first kappa shape index (κ1) is 18.3. The van der Waals surface area contributed by atoms with Gasteiger partial charge < -0.3 is 9.80 Å². The van der Waals surface area contributed by atoms with Crippen LogP contribution in [0.1, 0.15) is 18.4 Å². The van der Waals surface area contributed by atoms with Crippen LogP contribution < -0.4 is 4.90 Å². The topological polar surface area (TPSA) is 52.6 Å². The molecule has 138 valence electrons. The zero-order chi connectivity index (χ0) is 18.4. The van der Waals surface area contributed by atoms with Gasteiger partial charge in [0.1, 0.15) is 5.82 Å². The molecular formula is C20H27N5O. The third kappa shape index (κ3) is 4.79. The molecule has 0 radical (unpaired) electrons. The summed E-state index contributed by atoms with van der Waals surface area (Å²) in [7, 11) is 3.90. The van der Waals surface area contributed by atoms with Crippen molar-refractivity contribution in [3.05, 3.63) is 54.5 Å². The summed E-state index contributed by atoms with van der Waals surface area (Å²) in [6, 6.07) is 10.2. The lowest BCUT2D eigenvalue weighted by Crippen LogP contribution is -2.50. The van der Waals surface area contributed by atoms with E-state index < -0.39 is 0 Å². The number of hydrogen-bond donors (Lipinski definition) is 0. The number of anilines is 1. The molecule has 0 spiro atoms. The van der Waals surface area contributed by atoms with Gasteiger partial charge in [0.15, 0.2) is 0 Å². The molecule has 1 aliphatic heterocycles. The summed E-state index contributed by atoms with van der Waals surface area (Å²) < 4.78 is 0. The number of aromatic nitrogens is 2. The first-order valence-corrected chi connectivity index (χ1v) is 9.12. The summed E-state index contributed by atoms with van der Waals surface area (Å²) in [4.78, 5) is 27.5. The van der Waals surface area contributed by atoms with Crippen molar-refractivity contribution >= 4 is 11.7 Å². The molecule has 2 aromatic rings. The van der Waals surface area contributed by atoms with Gasteiger partial charge in [0.25, 0.3) is 0 Å². The fraction of sp³-hybridized carbons (Fsp3) is 0.450. The van der Waals surface area contributed by atoms with Crippen molar-refractivity contribution in [3.8, 4) is 0 Å². The van der Waals surface area contributed by atoms with E-state index in [1.807, 2.05) is 66.6 Å². The molecule has 3 heterocycles. The van der Waals surface area contributed by atoms with Gasteiger partial charge in [-0.25, -0.2) is 4.98 Å². The Kier molecular flexibility index (Phi) is 6.17. The first-order chi connectivity index (χ1) is 12.6. The highest BCUT2D eigenvalue weighted by molar-refractivity contribution is 5.78. The van der Waals surface area contributed by atoms with Gasteiger partial charge in [-0.1, -0.05) is 12.1 Å². The fourth-order valence-electron chi connectivity index (χ4n) is 3.43. The van der Waals surface area contributed by atoms with Crippen LogP contribution in [-0.4, -0.2) is 65.4 Å². The quantitative estimate of drug-likeness (QED) is 0.795. The lowest BCUT2D eigenvalue weighted by molar-refractivity contribution is -0.133. The normalized spacial score (nSPS) is 17.3. The number of pyridine rings is 2. The molecule has 1 aliphatic rings. The van der Waals surface area contributed by atoms with E-state index in [0.29, 0.717) is 6.54 Å². The van der Waals surface area contributed by atoms with Gasteiger partial charge in [-0.15, -0.1) is 0 Å². The molecule has 1 saturated heterocycles. The Labute approximate surface area is 155 Å². The number of nitrogens with zero attached hydrogens (tertiary/aromatic N) is 5. The molecule has 2 aromatic heterocycles. The predicted molar refractivity (Wildman–Crippen MR) is 103 cm³/mol. The number of carbonyl (C=O) groups excluding carboxylic acids is 1. The van der Waals surface area contributed by atoms with Gasteiger partial charge in [0.05, 0.1) is 6.54 Å². The lowest BCUT2D eigenvalue weighted by Gasteiger charge is -2.38. The Hall–Kier alpha value is -2.47. The summed E-state index contributed by atoms with van der Waals surface area (Å²) in [6.07, 6.45) is 7.54. The van der Waals surface area contributed by atoms with Crippen molar-refractivity contribution in [2.45, 2.75) is 25.4 Å². The minimum Gasteiger partial charge on any atom is -0.355 e. The molecule has 0 unspecified atom stereocenters. The van der Waals surface area contributed by atoms with Crippen molar-refractivity contribution in [1.29, 1.82) is 0 Å². The lowest BCUT2D eigenvalue weighted by atomic mass is 10.0. The van der Waals surface area contributed by atoms with Crippen LogP contribution in [0.4, 0.5) is 5.82 Å². The molecule has 26 heavy (non-hydrogen) atoms. The zero-order valence-electron chi connectivity index (χ0n) is 15.6. The zero-order valence-corrected chi connectivity index (χ0v) is 15.6. The van der Waals surface area contributed by atoms with Crippen molar-refractivity contribution in [3.63, 3.8) is 0 Å². The maximum Gasteiger partial charge on any atom is 0.236 e. The van der Waals surface area contributed by atoms with Crippen LogP contribution in [0.5, 0.6) is 0 Å². The van der Waals surface area contributed by atoms with E-state index in [1.165, 1.54) is 0 Å². The average Bonchev–Trinajstić information content (AvgIpc) is 2.69. The van der Waals surface area contributed by atoms with Gasteiger partial charge in [0, 0.05) is 51.3 Å². The molecule has 3 rings (SSSR count). The maximum absolute atomic E-state index is 12.7. The molecule has 1 fully saturated rings. The van der Waals surface area contributed by atoms with E-state index in [1.54, 1.807) is 6.20 Å². The summed E-state index contributed by atoms with van der Waals surface area (Å²) >= 11 is 0. The number of likely N-dealkylation sites (N-methyl/N-ethyl adjacent to an activating group) is 2. The molecule has 0 aromatic carbocycles. The minimum absolute atomic E-state index is 0.157. The van der Waals surface area contributed by atoms with Gasteiger partial charge in [0.2, 0.25) is 5.91 Å². The second kappa shape index (κ2) is 8.76. The molecule has 1 amide bonds. The Morgan fingerprint density at radius 3 is 2.85 bits per heavy atom. The van der Waals surface area contributed by atoms with Crippen molar-refractivity contribution in [2.24, 2.45) is 0 Å². The first-order valence-electron chi connectivity index (χ1n) is 9.12. The highest BCUT2D eigenvalue weighted by atomic mass is 16.2. The molecule has 6 nitrogen and oxygen atoms in total. The third-order valence-corrected chi connectivity index (χ3v) is 4.89.